The normalized spacial score (nSPS) is 18.8. The van der Waals surface area contributed by atoms with Gasteiger partial charge < -0.3 is 9.80 Å². The summed E-state index contributed by atoms with van der Waals surface area (Å²) in [6.07, 6.45) is 5.70. The number of carbonyl (C=O) groups is 3. The average molecular weight is 408 g/mol. The van der Waals surface area contributed by atoms with Gasteiger partial charge in [0.05, 0.1) is 5.52 Å². The maximum atomic E-state index is 13.4. The number of pyridine rings is 1. The minimum Gasteiger partial charge on any atom is -0.330 e. The molecule has 0 spiro atoms. The summed E-state index contributed by atoms with van der Waals surface area (Å²) < 4.78 is 1.48. The lowest BCUT2D eigenvalue weighted by Crippen LogP contribution is -2.38. The van der Waals surface area contributed by atoms with Crippen molar-refractivity contribution in [3.05, 3.63) is 66.1 Å². The Hall–Kier alpha value is -3.13. The fourth-order valence-corrected chi connectivity index (χ4v) is 4.97. The zero-order valence-corrected chi connectivity index (χ0v) is 16.9. The van der Waals surface area contributed by atoms with Gasteiger partial charge in [-0.1, -0.05) is 24.3 Å². The second kappa shape index (κ2) is 7.71. The summed E-state index contributed by atoms with van der Waals surface area (Å²) >= 11 is 1.53. The Labute approximate surface area is 172 Å². The van der Waals surface area contributed by atoms with E-state index in [4.69, 9.17) is 0 Å². The molecule has 0 bridgehead atoms. The second-order valence-corrected chi connectivity index (χ2v) is 8.12. The zero-order valence-electron chi connectivity index (χ0n) is 16.1. The molecule has 1 saturated heterocycles. The Morgan fingerprint density at radius 1 is 1.21 bits per heavy atom. The summed E-state index contributed by atoms with van der Waals surface area (Å²) in [6, 6.07) is 10.2. The largest absolute Gasteiger partial charge is 0.330 e. The van der Waals surface area contributed by atoms with Crippen LogP contribution in [0.3, 0.4) is 0 Å². The van der Waals surface area contributed by atoms with Gasteiger partial charge in [0.1, 0.15) is 11.4 Å². The lowest BCUT2D eigenvalue weighted by molar-refractivity contribution is -0.119. The van der Waals surface area contributed by atoms with Crippen molar-refractivity contribution in [3.63, 3.8) is 0 Å². The minimum atomic E-state index is -0.601. The lowest BCUT2D eigenvalue weighted by Gasteiger charge is -2.24. The lowest BCUT2D eigenvalue weighted by atomic mass is 10.0. The van der Waals surface area contributed by atoms with E-state index in [1.165, 1.54) is 21.2 Å². The third-order valence-electron chi connectivity index (χ3n) is 5.00. The highest BCUT2D eigenvalue weighted by atomic mass is 32.2. The summed E-state index contributed by atoms with van der Waals surface area (Å²) in [5, 5.41) is 0.445. The fourth-order valence-electron chi connectivity index (χ4n) is 3.58. The van der Waals surface area contributed by atoms with E-state index in [1.54, 1.807) is 37.6 Å². The number of ketones is 1. The number of Topliss-reactive ketones (excluding diaryl/α,β-unsaturated/α-hetero) is 1. The maximum Gasteiger partial charge on any atom is 0.328 e. The van der Waals surface area contributed by atoms with E-state index in [9.17, 15) is 14.4 Å². The summed E-state index contributed by atoms with van der Waals surface area (Å²) in [5.41, 5.74) is 1.99. The van der Waals surface area contributed by atoms with E-state index in [-0.39, 0.29) is 17.2 Å². The number of fused-ring (bicyclic) bond motifs is 1. The first kappa shape index (κ1) is 19.2. The maximum absolute atomic E-state index is 13.4. The Balaban J connectivity index is 1.72. The summed E-state index contributed by atoms with van der Waals surface area (Å²) in [5.74, 6) is 0.315. The highest BCUT2D eigenvalue weighted by Crippen LogP contribution is 2.41. The highest BCUT2D eigenvalue weighted by molar-refractivity contribution is 7.99. The van der Waals surface area contributed by atoms with Gasteiger partial charge in [-0.25, -0.2) is 4.79 Å². The molecule has 29 heavy (non-hydrogen) atoms. The van der Waals surface area contributed by atoms with Crippen LogP contribution in [-0.2, 0) is 4.79 Å². The number of aromatic nitrogens is 2. The third-order valence-corrected chi connectivity index (χ3v) is 6.34. The van der Waals surface area contributed by atoms with E-state index in [0.717, 1.165) is 12.0 Å². The van der Waals surface area contributed by atoms with Crippen molar-refractivity contribution in [2.45, 2.75) is 11.4 Å². The predicted octanol–water partition coefficient (Wildman–Crippen LogP) is 3.02. The molecule has 148 valence electrons. The number of para-hydroxylation sites is 1. The van der Waals surface area contributed by atoms with E-state index in [2.05, 4.69) is 4.98 Å². The van der Waals surface area contributed by atoms with E-state index in [0.29, 0.717) is 22.2 Å². The van der Waals surface area contributed by atoms with Crippen LogP contribution in [0.1, 0.15) is 21.3 Å². The number of thioether (sulfide) groups is 1. The van der Waals surface area contributed by atoms with E-state index in [1.807, 2.05) is 36.4 Å². The first-order valence-corrected chi connectivity index (χ1v) is 10.2. The van der Waals surface area contributed by atoms with Gasteiger partial charge in [0, 0.05) is 55.0 Å². The molecular formula is C21H20N4O3S. The number of amides is 2. The quantitative estimate of drug-likeness (QED) is 0.490. The molecule has 8 heteroatoms. The fraction of sp³-hybridized carbons (Fsp3) is 0.238. The average Bonchev–Trinajstić information content (AvgIpc) is 3.35. The van der Waals surface area contributed by atoms with Gasteiger partial charge in [0.2, 0.25) is 6.41 Å². The molecule has 3 aromatic rings. The van der Waals surface area contributed by atoms with Crippen molar-refractivity contribution in [1.29, 1.82) is 0 Å². The number of carbonyl (C=O) groups excluding carboxylic acids is 3. The van der Waals surface area contributed by atoms with Crippen LogP contribution in [-0.4, -0.2) is 63.5 Å². The number of benzene rings is 1. The topological polar surface area (TPSA) is 75.5 Å². The van der Waals surface area contributed by atoms with Gasteiger partial charge >= 0.3 is 6.03 Å². The highest BCUT2D eigenvalue weighted by Gasteiger charge is 2.39. The molecule has 1 aliphatic heterocycles. The van der Waals surface area contributed by atoms with Crippen LogP contribution in [0.4, 0.5) is 4.79 Å². The summed E-state index contributed by atoms with van der Waals surface area (Å²) in [4.78, 5) is 45.0. The standard InChI is InChI=1S/C21H20N4O3S/c1-23(2)21(28)24-11-16(15-7-3-4-8-17(15)24)19(27)18-12-29-20(25(18)13-26)14-6-5-9-22-10-14/h3-11,13,18,20H,12H2,1-2H3/t18-,20-/m0/s1. The van der Waals surface area contributed by atoms with Crippen LogP contribution < -0.4 is 0 Å². The predicted molar refractivity (Wildman–Crippen MR) is 112 cm³/mol. The number of hydrogen-bond donors (Lipinski definition) is 0. The Bertz CT molecular complexity index is 1080. The first-order chi connectivity index (χ1) is 14.0. The van der Waals surface area contributed by atoms with Gasteiger partial charge in [0.15, 0.2) is 5.78 Å². The minimum absolute atomic E-state index is 0.169. The van der Waals surface area contributed by atoms with E-state index < -0.39 is 6.04 Å². The molecule has 3 heterocycles. The van der Waals surface area contributed by atoms with Crippen LogP contribution in [0.25, 0.3) is 10.9 Å². The number of rotatable bonds is 4. The molecule has 1 aromatic carbocycles. The van der Waals surface area contributed by atoms with Gasteiger partial charge in [-0.05, 0) is 12.1 Å². The van der Waals surface area contributed by atoms with Gasteiger partial charge in [-0.15, -0.1) is 11.8 Å². The zero-order chi connectivity index (χ0) is 20.5. The molecule has 2 aromatic heterocycles. The molecule has 0 unspecified atom stereocenters. The van der Waals surface area contributed by atoms with Crippen molar-refractivity contribution in [1.82, 2.24) is 19.4 Å². The molecule has 0 N–H and O–H groups in total. The molecule has 2 atom stereocenters. The first-order valence-electron chi connectivity index (χ1n) is 9.13. The Morgan fingerprint density at radius 2 is 2.00 bits per heavy atom. The summed E-state index contributed by atoms with van der Waals surface area (Å²) in [6.45, 7) is 0. The van der Waals surface area contributed by atoms with Crippen LogP contribution in [0.2, 0.25) is 0 Å². The van der Waals surface area contributed by atoms with Gasteiger partial charge in [-0.2, -0.15) is 0 Å². The molecular weight excluding hydrogens is 388 g/mol. The Kier molecular flexibility index (Phi) is 5.10. The van der Waals surface area contributed by atoms with Crippen molar-refractivity contribution < 1.29 is 14.4 Å². The molecule has 0 saturated carbocycles. The van der Waals surface area contributed by atoms with Crippen LogP contribution >= 0.6 is 11.8 Å². The molecule has 0 aliphatic carbocycles. The molecule has 1 fully saturated rings. The van der Waals surface area contributed by atoms with Gasteiger partial charge in [-0.3, -0.25) is 19.1 Å². The molecule has 2 amide bonds. The Morgan fingerprint density at radius 3 is 2.69 bits per heavy atom. The van der Waals surface area contributed by atoms with E-state index >= 15 is 0 Å². The molecule has 1 aliphatic rings. The number of hydrogen-bond acceptors (Lipinski definition) is 5. The number of nitrogens with zero attached hydrogens (tertiary/aromatic N) is 4. The van der Waals surface area contributed by atoms with Crippen molar-refractivity contribution in [2.24, 2.45) is 0 Å². The van der Waals surface area contributed by atoms with Gasteiger partial charge in [0.25, 0.3) is 0 Å². The van der Waals surface area contributed by atoms with Crippen molar-refractivity contribution in [2.75, 3.05) is 19.8 Å². The van der Waals surface area contributed by atoms with Crippen molar-refractivity contribution in [3.8, 4) is 0 Å². The SMILES string of the molecule is CN(C)C(=O)n1cc(C(=O)[C@@H]2CS[C@@H](c3cccnc3)N2C=O)c2ccccc21. The monoisotopic (exact) mass is 408 g/mol. The molecule has 7 nitrogen and oxygen atoms in total. The summed E-state index contributed by atoms with van der Waals surface area (Å²) in [7, 11) is 3.33. The molecule has 0 radical (unpaired) electrons. The van der Waals surface area contributed by atoms with Crippen LogP contribution in [0, 0.1) is 0 Å². The van der Waals surface area contributed by atoms with Crippen LogP contribution in [0.5, 0.6) is 0 Å². The van der Waals surface area contributed by atoms with Crippen LogP contribution in [0.15, 0.2) is 55.0 Å². The van der Waals surface area contributed by atoms with Crippen molar-refractivity contribution >= 4 is 40.9 Å². The molecule has 4 rings (SSSR count). The smallest absolute Gasteiger partial charge is 0.328 e. The third kappa shape index (κ3) is 3.29. The second-order valence-electron chi connectivity index (χ2n) is 7.01.